The first-order valence-electron chi connectivity index (χ1n) is 10.1. The Kier molecular flexibility index (Phi) is 7.52. The van der Waals surface area contributed by atoms with E-state index in [0.717, 1.165) is 30.9 Å². The first kappa shape index (κ1) is 21.9. The van der Waals surface area contributed by atoms with Gasteiger partial charge in [0.05, 0.1) is 11.1 Å². The van der Waals surface area contributed by atoms with Crippen LogP contribution >= 0.6 is 11.6 Å². The number of guanidine groups is 1. The minimum absolute atomic E-state index is 0.0446. The summed E-state index contributed by atoms with van der Waals surface area (Å²) in [5.41, 5.74) is 1.15. The van der Waals surface area contributed by atoms with Crippen LogP contribution in [0.3, 0.4) is 0 Å². The van der Waals surface area contributed by atoms with Gasteiger partial charge in [-0.3, -0.25) is 4.79 Å². The van der Waals surface area contributed by atoms with Crippen molar-refractivity contribution in [3.63, 3.8) is 0 Å². The van der Waals surface area contributed by atoms with Crippen LogP contribution in [0.25, 0.3) is 0 Å². The minimum Gasteiger partial charge on any atom is -0.353 e. The molecule has 2 unspecified atom stereocenters. The van der Waals surface area contributed by atoms with Gasteiger partial charge in [-0.15, -0.1) is 0 Å². The van der Waals surface area contributed by atoms with Crippen LogP contribution in [-0.2, 0) is 4.79 Å². The van der Waals surface area contributed by atoms with Gasteiger partial charge in [0.15, 0.2) is 5.96 Å². The van der Waals surface area contributed by atoms with Crippen LogP contribution < -0.4 is 15.5 Å². The second-order valence-corrected chi connectivity index (χ2v) is 8.02. The van der Waals surface area contributed by atoms with Crippen molar-refractivity contribution in [2.45, 2.75) is 25.4 Å². The van der Waals surface area contributed by atoms with E-state index in [4.69, 9.17) is 11.6 Å². The van der Waals surface area contributed by atoms with E-state index < -0.39 is 0 Å². The zero-order chi connectivity index (χ0) is 21.5. The monoisotopic (exact) mass is 428 g/mol. The quantitative estimate of drug-likeness (QED) is 0.546. The molecule has 160 valence electrons. The number of aliphatic imine (C=N–C) groups is 1. The van der Waals surface area contributed by atoms with E-state index in [9.17, 15) is 4.79 Å². The number of hydrogen-bond acceptors (Lipinski definition) is 4. The highest BCUT2D eigenvalue weighted by molar-refractivity contribution is 6.32. The summed E-state index contributed by atoms with van der Waals surface area (Å²) in [7, 11) is 3.47. The van der Waals surface area contributed by atoms with Gasteiger partial charge in [0, 0.05) is 39.4 Å². The smallest absolute Gasteiger partial charge is 0.243 e. The predicted octanol–water partition coefficient (Wildman–Crippen LogP) is 2.70. The van der Waals surface area contributed by atoms with E-state index in [-0.39, 0.29) is 24.5 Å². The van der Waals surface area contributed by atoms with E-state index >= 15 is 0 Å². The summed E-state index contributed by atoms with van der Waals surface area (Å²) in [6, 6.07) is 14.1. The highest BCUT2D eigenvalue weighted by atomic mass is 35.5. The van der Waals surface area contributed by atoms with Gasteiger partial charge in [0.1, 0.15) is 12.4 Å². The topological polar surface area (TPSA) is 72.9 Å². The third kappa shape index (κ3) is 5.86. The molecule has 1 amide bonds. The molecule has 1 saturated heterocycles. The summed E-state index contributed by atoms with van der Waals surface area (Å²) in [5, 5.41) is 7.57. The van der Waals surface area contributed by atoms with Crippen LogP contribution in [0.15, 0.2) is 53.7 Å². The molecule has 1 fully saturated rings. The molecule has 2 N–H and O–H groups in total. The summed E-state index contributed by atoms with van der Waals surface area (Å²) < 4.78 is 0. The maximum atomic E-state index is 12.0. The maximum absolute atomic E-state index is 12.0. The van der Waals surface area contributed by atoms with Crippen LogP contribution in [0.4, 0.5) is 5.82 Å². The van der Waals surface area contributed by atoms with Gasteiger partial charge in [-0.25, -0.2) is 9.98 Å². The molecule has 1 aliphatic rings. The summed E-state index contributed by atoms with van der Waals surface area (Å²) in [5.74, 6) is 1.38. The van der Waals surface area contributed by atoms with E-state index in [1.165, 1.54) is 0 Å². The Morgan fingerprint density at radius 2 is 2.07 bits per heavy atom. The SMILES string of the molecule is CC(NC(=NCC(=O)N(C)C)NC1CCN(c2ncccc2Cl)C1)c1ccccc1. The summed E-state index contributed by atoms with van der Waals surface area (Å²) in [6.45, 7) is 3.78. The number of benzene rings is 1. The Morgan fingerprint density at radius 3 is 2.77 bits per heavy atom. The average molecular weight is 429 g/mol. The average Bonchev–Trinajstić information content (AvgIpc) is 3.20. The van der Waals surface area contributed by atoms with Crippen molar-refractivity contribution in [3.05, 3.63) is 59.2 Å². The van der Waals surface area contributed by atoms with Crippen LogP contribution in [0.1, 0.15) is 24.9 Å². The van der Waals surface area contributed by atoms with Gasteiger partial charge >= 0.3 is 0 Å². The fourth-order valence-corrected chi connectivity index (χ4v) is 3.57. The number of carbonyl (C=O) groups is 1. The first-order valence-corrected chi connectivity index (χ1v) is 10.5. The number of pyridine rings is 1. The Hall–Kier alpha value is -2.80. The molecule has 2 aromatic rings. The van der Waals surface area contributed by atoms with Gasteiger partial charge < -0.3 is 20.4 Å². The van der Waals surface area contributed by atoms with Gasteiger partial charge in [0.2, 0.25) is 5.91 Å². The number of carbonyl (C=O) groups excluding carboxylic acids is 1. The number of hydrogen-bond donors (Lipinski definition) is 2. The van der Waals surface area contributed by atoms with E-state index in [0.29, 0.717) is 11.0 Å². The molecule has 0 bridgehead atoms. The second kappa shape index (κ2) is 10.3. The highest BCUT2D eigenvalue weighted by Crippen LogP contribution is 2.25. The molecule has 1 aromatic carbocycles. The van der Waals surface area contributed by atoms with E-state index in [2.05, 4.69) is 44.6 Å². The number of anilines is 1. The van der Waals surface area contributed by atoms with Crippen molar-refractivity contribution < 1.29 is 4.79 Å². The van der Waals surface area contributed by atoms with Gasteiger partial charge in [-0.05, 0) is 31.0 Å². The molecule has 3 rings (SSSR count). The van der Waals surface area contributed by atoms with Crippen molar-refractivity contribution in [1.29, 1.82) is 0 Å². The Bertz CT molecular complexity index is 873. The van der Waals surface area contributed by atoms with Crippen LogP contribution in [-0.4, -0.2) is 61.5 Å². The van der Waals surface area contributed by atoms with E-state index in [1.54, 1.807) is 25.2 Å². The standard InChI is InChI=1S/C22H29ClN6O/c1-16(17-8-5-4-6-9-17)26-22(25-14-20(30)28(2)3)27-18-11-13-29(15-18)21-19(23)10-7-12-24-21/h4-10,12,16,18H,11,13-15H2,1-3H3,(H2,25,26,27). The molecule has 2 heterocycles. The van der Waals surface area contributed by atoms with Crippen molar-refractivity contribution in [2.75, 3.05) is 38.6 Å². The predicted molar refractivity (Wildman–Crippen MR) is 122 cm³/mol. The number of nitrogens with zero attached hydrogens (tertiary/aromatic N) is 4. The molecule has 7 nitrogen and oxygen atoms in total. The molecule has 1 aliphatic heterocycles. The van der Waals surface area contributed by atoms with Gasteiger partial charge in [-0.1, -0.05) is 41.9 Å². The molecular weight excluding hydrogens is 400 g/mol. The van der Waals surface area contributed by atoms with Crippen molar-refractivity contribution in [2.24, 2.45) is 4.99 Å². The minimum atomic E-state index is -0.0446. The lowest BCUT2D eigenvalue weighted by Crippen LogP contribution is -2.46. The Balaban J connectivity index is 1.68. The van der Waals surface area contributed by atoms with Crippen LogP contribution in [0.5, 0.6) is 0 Å². The number of likely N-dealkylation sites (N-methyl/N-ethyl adjacent to an activating group) is 1. The van der Waals surface area contributed by atoms with Crippen molar-refractivity contribution in [3.8, 4) is 0 Å². The Labute approximate surface area is 183 Å². The van der Waals surface area contributed by atoms with Crippen LogP contribution in [0, 0.1) is 0 Å². The molecule has 2 atom stereocenters. The fourth-order valence-electron chi connectivity index (χ4n) is 3.33. The first-order chi connectivity index (χ1) is 14.4. The van der Waals surface area contributed by atoms with Crippen LogP contribution in [0.2, 0.25) is 5.02 Å². The molecule has 0 spiro atoms. The number of aromatic nitrogens is 1. The lowest BCUT2D eigenvalue weighted by Gasteiger charge is -2.23. The summed E-state index contributed by atoms with van der Waals surface area (Å²) in [6.07, 6.45) is 2.68. The maximum Gasteiger partial charge on any atom is 0.243 e. The lowest BCUT2D eigenvalue weighted by atomic mass is 10.1. The lowest BCUT2D eigenvalue weighted by molar-refractivity contribution is -0.127. The second-order valence-electron chi connectivity index (χ2n) is 7.61. The Morgan fingerprint density at radius 1 is 1.30 bits per heavy atom. The summed E-state index contributed by atoms with van der Waals surface area (Å²) in [4.78, 5) is 24.7. The van der Waals surface area contributed by atoms with E-state index in [1.807, 2.05) is 30.3 Å². The number of halogens is 1. The molecule has 0 radical (unpaired) electrons. The van der Waals surface area contributed by atoms with Crippen molar-refractivity contribution >= 4 is 29.3 Å². The molecule has 30 heavy (non-hydrogen) atoms. The van der Waals surface area contributed by atoms with Crippen molar-refractivity contribution in [1.82, 2.24) is 20.5 Å². The fraction of sp³-hybridized carbons (Fsp3) is 0.409. The summed E-state index contributed by atoms with van der Waals surface area (Å²) >= 11 is 6.31. The third-order valence-corrected chi connectivity index (χ3v) is 5.39. The zero-order valence-corrected chi connectivity index (χ0v) is 18.4. The third-order valence-electron chi connectivity index (χ3n) is 5.09. The number of amides is 1. The molecule has 0 aliphatic carbocycles. The van der Waals surface area contributed by atoms with Gasteiger partial charge in [0.25, 0.3) is 0 Å². The normalized spacial score (nSPS) is 17.5. The molecule has 1 aromatic heterocycles. The highest BCUT2D eigenvalue weighted by Gasteiger charge is 2.26. The largest absolute Gasteiger partial charge is 0.353 e. The molecular formula is C22H29ClN6O. The number of nitrogens with one attached hydrogen (secondary N) is 2. The van der Waals surface area contributed by atoms with Gasteiger partial charge in [-0.2, -0.15) is 0 Å². The molecule has 0 saturated carbocycles. The zero-order valence-electron chi connectivity index (χ0n) is 17.7. The molecule has 8 heteroatoms. The number of rotatable bonds is 6.